The molecular formula is C12H18N2O. The monoisotopic (exact) mass is 206 g/mol. The number of imidazole rings is 1. The highest BCUT2D eigenvalue weighted by atomic mass is 16.1. The van der Waals surface area contributed by atoms with Crippen molar-refractivity contribution < 1.29 is 4.79 Å². The van der Waals surface area contributed by atoms with E-state index in [1.54, 1.807) is 0 Å². The normalized spacial score (nSPS) is 16.7. The maximum atomic E-state index is 11.4. The van der Waals surface area contributed by atoms with Gasteiger partial charge in [0, 0.05) is 24.0 Å². The molecule has 0 spiro atoms. The molecule has 82 valence electrons. The van der Waals surface area contributed by atoms with E-state index in [-0.39, 0.29) is 5.41 Å². The summed E-state index contributed by atoms with van der Waals surface area (Å²) in [6.45, 7) is 9.07. The summed E-state index contributed by atoms with van der Waals surface area (Å²) >= 11 is 0. The molecule has 2 rings (SSSR count). The average molecular weight is 206 g/mol. The number of fused-ring (bicyclic) bond motifs is 1. The molecular weight excluding hydrogens is 188 g/mol. The Balaban J connectivity index is 2.50. The van der Waals surface area contributed by atoms with Crippen molar-refractivity contribution in [2.75, 3.05) is 0 Å². The van der Waals surface area contributed by atoms with Crippen molar-refractivity contribution in [3.05, 3.63) is 17.2 Å². The fraction of sp³-hybridized carbons (Fsp3) is 0.667. The topological polar surface area (TPSA) is 34.9 Å². The summed E-state index contributed by atoms with van der Waals surface area (Å²) in [6, 6.07) is 0. The van der Waals surface area contributed by atoms with E-state index in [9.17, 15) is 4.79 Å². The number of carbonyl (C=O) groups excluding carboxylic acids is 1. The number of hydrogen-bond acceptors (Lipinski definition) is 2. The van der Waals surface area contributed by atoms with Gasteiger partial charge >= 0.3 is 0 Å². The lowest BCUT2D eigenvalue weighted by atomic mass is 9.91. The van der Waals surface area contributed by atoms with Crippen molar-refractivity contribution in [3.63, 3.8) is 0 Å². The number of nitrogens with zero attached hydrogens (tertiary/aromatic N) is 2. The smallest absolute Gasteiger partial charge is 0.153 e. The first-order valence-electron chi connectivity index (χ1n) is 5.48. The SMILES string of the molecule is Cc1c(C(C)(C)C)nc2n1CC(=O)CC2. The molecule has 3 heteroatoms. The Kier molecular flexibility index (Phi) is 2.21. The Morgan fingerprint density at radius 2 is 1.93 bits per heavy atom. The van der Waals surface area contributed by atoms with Crippen LogP contribution in [-0.4, -0.2) is 15.3 Å². The third kappa shape index (κ3) is 1.71. The molecule has 1 aromatic rings. The third-order valence-corrected chi connectivity index (χ3v) is 2.97. The summed E-state index contributed by atoms with van der Waals surface area (Å²) in [7, 11) is 0. The lowest BCUT2D eigenvalue weighted by Gasteiger charge is -2.17. The molecule has 3 nitrogen and oxygen atoms in total. The minimum atomic E-state index is 0.0669. The van der Waals surface area contributed by atoms with Crippen molar-refractivity contribution in [2.24, 2.45) is 0 Å². The van der Waals surface area contributed by atoms with E-state index in [0.717, 1.165) is 23.6 Å². The molecule has 1 aliphatic heterocycles. The Labute approximate surface area is 90.5 Å². The minimum absolute atomic E-state index is 0.0669. The van der Waals surface area contributed by atoms with Crippen LogP contribution in [-0.2, 0) is 23.2 Å². The first-order valence-corrected chi connectivity index (χ1v) is 5.48. The first kappa shape index (κ1) is 10.4. The lowest BCUT2D eigenvalue weighted by molar-refractivity contribution is -0.120. The van der Waals surface area contributed by atoms with Crippen molar-refractivity contribution in [1.29, 1.82) is 0 Å². The van der Waals surface area contributed by atoms with Crippen LogP contribution in [0, 0.1) is 6.92 Å². The van der Waals surface area contributed by atoms with Crippen LogP contribution >= 0.6 is 0 Å². The second-order valence-electron chi connectivity index (χ2n) is 5.34. The molecule has 0 atom stereocenters. The Bertz CT molecular complexity index is 410. The van der Waals surface area contributed by atoms with Crippen LogP contribution in [0.2, 0.25) is 0 Å². The number of aryl methyl sites for hydroxylation is 1. The molecule has 0 N–H and O–H groups in total. The zero-order chi connectivity index (χ0) is 11.2. The van der Waals surface area contributed by atoms with Gasteiger partial charge < -0.3 is 4.57 Å². The fourth-order valence-corrected chi connectivity index (χ4v) is 2.21. The molecule has 1 aromatic heterocycles. The molecule has 0 aromatic carbocycles. The van der Waals surface area contributed by atoms with E-state index in [4.69, 9.17) is 0 Å². The molecule has 0 unspecified atom stereocenters. The van der Waals surface area contributed by atoms with Crippen molar-refractivity contribution in [1.82, 2.24) is 9.55 Å². The van der Waals surface area contributed by atoms with Crippen LogP contribution < -0.4 is 0 Å². The van der Waals surface area contributed by atoms with Crippen molar-refractivity contribution in [3.8, 4) is 0 Å². The average Bonchev–Trinajstić information content (AvgIpc) is 2.43. The van der Waals surface area contributed by atoms with Crippen molar-refractivity contribution in [2.45, 2.75) is 52.5 Å². The number of aromatic nitrogens is 2. The molecule has 0 fully saturated rings. The Morgan fingerprint density at radius 3 is 2.53 bits per heavy atom. The second kappa shape index (κ2) is 3.19. The van der Waals surface area contributed by atoms with Gasteiger partial charge in [-0.25, -0.2) is 4.98 Å². The summed E-state index contributed by atoms with van der Waals surface area (Å²) in [5, 5.41) is 0. The predicted molar refractivity (Wildman–Crippen MR) is 59.0 cm³/mol. The molecule has 0 radical (unpaired) electrons. The number of rotatable bonds is 0. The van der Waals surface area contributed by atoms with Gasteiger partial charge in [-0.15, -0.1) is 0 Å². The largest absolute Gasteiger partial charge is 0.325 e. The van der Waals surface area contributed by atoms with Crippen molar-refractivity contribution >= 4 is 5.78 Å². The zero-order valence-electron chi connectivity index (χ0n) is 9.92. The summed E-state index contributed by atoms with van der Waals surface area (Å²) in [5.41, 5.74) is 2.36. The highest BCUT2D eigenvalue weighted by molar-refractivity contribution is 5.79. The quantitative estimate of drug-likeness (QED) is 0.650. The van der Waals surface area contributed by atoms with Gasteiger partial charge in [0.15, 0.2) is 5.78 Å². The van der Waals surface area contributed by atoms with Gasteiger partial charge in [0.25, 0.3) is 0 Å². The van der Waals surface area contributed by atoms with Gasteiger partial charge in [0.1, 0.15) is 5.82 Å². The van der Waals surface area contributed by atoms with Gasteiger partial charge in [-0.1, -0.05) is 20.8 Å². The predicted octanol–water partition coefficient (Wildman–Crippen LogP) is 2.00. The van der Waals surface area contributed by atoms with Gasteiger partial charge in [-0.05, 0) is 6.92 Å². The highest BCUT2D eigenvalue weighted by Gasteiger charge is 2.26. The summed E-state index contributed by atoms with van der Waals surface area (Å²) < 4.78 is 2.08. The number of Topliss-reactive ketones (excluding diaryl/α,β-unsaturated/α-hetero) is 1. The van der Waals surface area contributed by atoms with Crippen LogP contribution in [0.3, 0.4) is 0 Å². The minimum Gasteiger partial charge on any atom is -0.325 e. The van der Waals surface area contributed by atoms with Crippen LogP contribution in [0.5, 0.6) is 0 Å². The summed E-state index contributed by atoms with van der Waals surface area (Å²) in [4.78, 5) is 16.1. The van der Waals surface area contributed by atoms with Gasteiger partial charge in [-0.2, -0.15) is 0 Å². The standard InChI is InChI=1S/C12H18N2O/c1-8-11(12(2,3)4)13-10-6-5-9(15)7-14(8)10/h5-7H2,1-4H3. The van der Waals surface area contributed by atoms with Crippen LogP contribution in [0.15, 0.2) is 0 Å². The van der Waals surface area contributed by atoms with E-state index >= 15 is 0 Å². The molecule has 1 aliphatic rings. The van der Waals surface area contributed by atoms with E-state index in [1.165, 1.54) is 0 Å². The molecule has 0 saturated carbocycles. The van der Waals surface area contributed by atoms with Gasteiger partial charge in [-0.3, -0.25) is 4.79 Å². The lowest BCUT2D eigenvalue weighted by Crippen LogP contribution is -2.20. The Hall–Kier alpha value is -1.12. The molecule has 15 heavy (non-hydrogen) atoms. The second-order valence-corrected chi connectivity index (χ2v) is 5.34. The number of ketones is 1. The molecule has 0 bridgehead atoms. The highest BCUT2D eigenvalue weighted by Crippen LogP contribution is 2.27. The van der Waals surface area contributed by atoms with Crippen LogP contribution in [0.4, 0.5) is 0 Å². The first-order chi connectivity index (χ1) is 6.89. The third-order valence-electron chi connectivity index (χ3n) is 2.97. The van der Waals surface area contributed by atoms with Crippen LogP contribution in [0.1, 0.15) is 44.4 Å². The fourth-order valence-electron chi connectivity index (χ4n) is 2.21. The molecule has 0 saturated heterocycles. The molecule has 0 aliphatic carbocycles. The van der Waals surface area contributed by atoms with E-state index in [0.29, 0.717) is 18.7 Å². The Morgan fingerprint density at radius 1 is 1.27 bits per heavy atom. The van der Waals surface area contributed by atoms with Crippen LogP contribution in [0.25, 0.3) is 0 Å². The zero-order valence-corrected chi connectivity index (χ0v) is 9.92. The van der Waals surface area contributed by atoms with Gasteiger partial charge in [0.2, 0.25) is 0 Å². The van der Waals surface area contributed by atoms with E-state index < -0.39 is 0 Å². The molecule has 2 heterocycles. The van der Waals surface area contributed by atoms with E-state index in [1.807, 2.05) is 0 Å². The number of carbonyl (C=O) groups is 1. The van der Waals surface area contributed by atoms with E-state index in [2.05, 4.69) is 37.2 Å². The number of hydrogen-bond donors (Lipinski definition) is 0. The molecule has 0 amide bonds. The maximum Gasteiger partial charge on any atom is 0.153 e. The maximum absolute atomic E-state index is 11.4. The van der Waals surface area contributed by atoms with Gasteiger partial charge in [0.05, 0.1) is 12.2 Å². The summed E-state index contributed by atoms with van der Waals surface area (Å²) in [5.74, 6) is 1.40. The summed E-state index contributed by atoms with van der Waals surface area (Å²) in [6.07, 6.45) is 1.45.